The molecule has 0 bridgehead atoms. The lowest BCUT2D eigenvalue weighted by atomic mass is 10.0. The maximum atomic E-state index is 13.5. The number of nitrogens with two attached hydrogens (primary N) is 1. The molecule has 1 aromatic carbocycles. The topological polar surface area (TPSA) is 60.0 Å². The van der Waals surface area contributed by atoms with E-state index >= 15 is 0 Å². The molecule has 5 nitrogen and oxygen atoms in total. The van der Waals surface area contributed by atoms with Crippen LogP contribution in [0.5, 0.6) is 0 Å². The molecule has 2 aromatic rings. The zero-order valence-corrected chi connectivity index (χ0v) is 12.4. The SMILES string of the molecule is NCC(c1cc(F)ccc1Br)N1CCn2cnnc2C1. The second-order valence-corrected chi connectivity index (χ2v) is 5.68. The molecule has 1 aromatic heterocycles. The van der Waals surface area contributed by atoms with E-state index < -0.39 is 0 Å². The van der Waals surface area contributed by atoms with E-state index in [4.69, 9.17) is 5.73 Å². The van der Waals surface area contributed by atoms with Gasteiger partial charge in [0, 0.05) is 30.1 Å². The third kappa shape index (κ3) is 2.48. The molecule has 1 unspecified atom stereocenters. The lowest BCUT2D eigenvalue weighted by Gasteiger charge is -2.34. The van der Waals surface area contributed by atoms with Gasteiger partial charge in [-0.25, -0.2) is 4.39 Å². The molecule has 20 heavy (non-hydrogen) atoms. The third-order valence-electron chi connectivity index (χ3n) is 3.65. The smallest absolute Gasteiger partial charge is 0.147 e. The van der Waals surface area contributed by atoms with Crippen LogP contribution in [0.15, 0.2) is 29.0 Å². The van der Waals surface area contributed by atoms with Gasteiger partial charge in [-0.2, -0.15) is 0 Å². The average molecular weight is 340 g/mol. The van der Waals surface area contributed by atoms with Crippen molar-refractivity contribution in [1.82, 2.24) is 19.7 Å². The van der Waals surface area contributed by atoms with E-state index in [-0.39, 0.29) is 11.9 Å². The number of aromatic nitrogens is 3. The first-order chi connectivity index (χ1) is 9.69. The van der Waals surface area contributed by atoms with Crippen molar-refractivity contribution in [2.24, 2.45) is 5.73 Å². The van der Waals surface area contributed by atoms with Crippen LogP contribution >= 0.6 is 15.9 Å². The average Bonchev–Trinajstić information content (AvgIpc) is 2.91. The number of hydrogen-bond acceptors (Lipinski definition) is 4. The molecule has 0 aliphatic carbocycles. The molecule has 0 saturated carbocycles. The van der Waals surface area contributed by atoms with E-state index in [9.17, 15) is 4.39 Å². The third-order valence-corrected chi connectivity index (χ3v) is 4.37. The molecule has 1 atom stereocenters. The fourth-order valence-electron chi connectivity index (χ4n) is 2.59. The summed E-state index contributed by atoms with van der Waals surface area (Å²) in [4.78, 5) is 2.21. The molecule has 1 aliphatic rings. The van der Waals surface area contributed by atoms with Gasteiger partial charge in [0.1, 0.15) is 18.0 Å². The minimum Gasteiger partial charge on any atom is -0.329 e. The van der Waals surface area contributed by atoms with Crippen molar-refractivity contribution in [3.8, 4) is 0 Å². The van der Waals surface area contributed by atoms with Crippen LogP contribution in [0.1, 0.15) is 17.4 Å². The Morgan fingerprint density at radius 2 is 2.25 bits per heavy atom. The maximum absolute atomic E-state index is 13.5. The molecule has 1 aliphatic heterocycles. The van der Waals surface area contributed by atoms with E-state index in [1.165, 1.54) is 6.07 Å². The lowest BCUT2D eigenvalue weighted by Crippen LogP contribution is -2.39. The highest BCUT2D eigenvalue weighted by molar-refractivity contribution is 9.10. The molecule has 0 fully saturated rings. The summed E-state index contributed by atoms with van der Waals surface area (Å²) >= 11 is 3.48. The van der Waals surface area contributed by atoms with Crippen LogP contribution in [0.2, 0.25) is 0 Å². The normalized spacial score (nSPS) is 16.9. The second kappa shape index (κ2) is 5.59. The monoisotopic (exact) mass is 339 g/mol. The summed E-state index contributed by atoms with van der Waals surface area (Å²) in [6.45, 7) is 2.77. The molecular weight excluding hydrogens is 325 g/mol. The first-order valence-corrected chi connectivity index (χ1v) is 7.24. The van der Waals surface area contributed by atoms with E-state index in [1.807, 2.05) is 4.57 Å². The largest absolute Gasteiger partial charge is 0.329 e. The van der Waals surface area contributed by atoms with E-state index in [2.05, 4.69) is 31.0 Å². The van der Waals surface area contributed by atoms with E-state index in [1.54, 1.807) is 18.5 Å². The van der Waals surface area contributed by atoms with Crippen LogP contribution in [-0.4, -0.2) is 32.8 Å². The standard InChI is InChI=1S/C13H15BrFN5/c14-11-2-1-9(15)5-10(11)12(6-16)19-3-4-20-8-17-18-13(20)7-19/h1-2,5,8,12H,3-4,6-7,16H2. The molecule has 106 valence electrons. The fraction of sp³-hybridized carbons (Fsp3) is 0.385. The van der Waals surface area contributed by atoms with Crippen LogP contribution < -0.4 is 5.73 Å². The number of halogens is 2. The molecule has 0 amide bonds. The number of rotatable bonds is 3. The Bertz CT molecular complexity index is 615. The van der Waals surface area contributed by atoms with Crippen molar-refractivity contribution in [3.05, 3.63) is 46.2 Å². The van der Waals surface area contributed by atoms with Gasteiger partial charge in [-0.05, 0) is 23.8 Å². The predicted molar refractivity (Wildman–Crippen MR) is 76.3 cm³/mol. The fourth-order valence-corrected chi connectivity index (χ4v) is 3.10. The van der Waals surface area contributed by atoms with Crippen molar-refractivity contribution in [1.29, 1.82) is 0 Å². The first kappa shape index (κ1) is 13.7. The summed E-state index contributed by atoms with van der Waals surface area (Å²) in [6, 6.07) is 4.67. The minimum atomic E-state index is -0.248. The predicted octanol–water partition coefficient (Wildman–Crippen LogP) is 1.70. The Labute approximate surface area is 124 Å². The van der Waals surface area contributed by atoms with Crippen molar-refractivity contribution in [2.45, 2.75) is 19.1 Å². The summed E-state index contributed by atoms with van der Waals surface area (Å²) in [5.74, 6) is 0.670. The molecular formula is C13H15BrFN5. The zero-order valence-electron chi connectivity index (χ0n) is 10.8. The molecule has 3 rings (SSSR count). The molecule has 0 saturated heterocycles. The van der Waals surface area contributed by atoms with Crippen molar-refractivity contribution in [3.63, 3.8) is 0 Å². The molecule has 0 radical (unpaired) electrons. The quantitative estimate of drug-likeness (QED) is 0.924. The van der Waals surface area contributed by atoms with E-state index in [0.29, 0.717) is 13.1 Å². The van der Waals surface area contributed by atoms with Gasteiger partial charge in [0.25, 0.3) is 0 Å². The van der Waals surface area contributed by atoms with Crippen LogP contribution in [0.25, 0.3) is 0 Å². The van der Waals surface area contributed by atoms with Crippen LogP contribution in [0, 0.1) is 5.82 Å². The van der Waals surface area contributed by atoms with Crippen LogP contribution in [-0.2, 0) is 13.1 Å². The second-order valence-electron chi connectivity index (χ2n) is 4.83. The number of fused-ring (bicyclic) bond motifs is 1. The summed E-state index contributed by atoms with van der Waals surface area (Å²) < 4.78 is 16.4. The van der Waals surface area contributed by atoms with Gasteiger partial charge < -0.3 is 10.3 Å². The van der Waals surface area contributed by atoms with Crippen LogP contribution in [0.4, 0.5) is 4.39 Å². The number of hydrogen-bond donors (Lipinski definition) is 1. The molecule has 2 heterocycles. The first-order valence-electron chi connectivity index (χ1n) is 6.45. The highest BCUT2D eigenvalue weighted by atomic mass is 79.9. The lowest BCUT2D eigenvalue weighted by molar-refractivity contribution is 0.155. The van der Waals surface area contributed by atoms with Gasteiger partial charge in [0.2, 0.25) is 0 Å². The highest BCUT2D eigenvalue weighted by Gasteiger charge is 2.26. The summed E-state index contributed by atoms with van der Waals surface area (Å²) in [5.41, 5.74) is 6.80. The van der Waals surface area contributed by atoms with Crippen LogP contribution in [0.3, 0.4) is 0 Å². The summed E-state index contributed by atoms with van der Waals surface area (Å²) in [6.07, 6.45) is 1.74. The van der Waals surface area contributed by atoms with Crippen molar-refractivity contribution >= 4 is 15.9 Å². The van der Waals surface area contributed by atoms with Gasteiger partial charge in [0.05, 0.1) is 6.54 Å². The van der Waals surface area contributed by atoms with Gasteiger partial charge in [-0.1, -0.05) is 15.9 Å². The molecule has 7 heteroatoms. The minimum absolute atomic E-state index is 0.0366. The zero-order chi connectivity index (χ0) is 14.1. The Balaban J connectivity index is 1.89. The van der Waals surface area contributed by atoms with Gasteiger partial charge in [-0.3, -0.25) is 4.90 Å². The highest BCUT2D eigenvalue weighted by Crippen LogP contribution is 2.30. The van der Waals surface area contributed by atoms with Gasteiger partial charge >= 0.3 is 0 Å². The maximum Gasteiger partial charge on any atom is 0.147 e. The Morgan fingerprint density at radius 3 is 3.05 bits per heavy atom. The van der Waals surface area contributed by atoms with Gasteiger partial charge in [0.15, 0.2) is 0 Å². The molecule has 2 N–H and O–H groups in total. The van der Waals surface area contributed by atoms with E-state index in [0.717, 1.165) is 29.0 Å². The van der Waals surface area contributed by atoms with Gasteiger partial charge in [-0.15, -0.1) is 10.2 Å². The molecule has 0 spiro atoms. The Kier molecular flexibility index (Phi) is 3.82. The van der Waals surface area contributed by atoms with Crippen molar-refractivity contribution < 1.29 is 4.39 Å². The Morgan fingerprint density at radius 1 is 1.40 bits per heavy atom. The summed E-state index contributed by atoms with van der Waals surface area (Å²) in [7, 11) is 0. The Hall–Kier alpha value is -1.31. The number of nitrogens with zero attached hydrogens (tertiary/aromatic N) is 4. The number of benzene rings is 1. The van der Waals surface area contributed by atoms with Crippen molar-refractivity contribution in [2.75, 3.05) is 13.1 Å². The summed E-state index contributed by atoms with van der Waals surface area (Å²) in [5, 5.41) is 8.02.